The number of hydrogen-bond acceptors (Lipinski definition) is 5. The zero-order chi connectivity index (χ0) is 25.2. The van der Waals surface area contributed by atoms with Crippen molar-refractivity contribution in [3.8, 4) is 11.8 Å². The summed E-state index contributed by atoms with van der Waals surface area (Å²) < 4.78 is 16.5. The zero-order valence-corrected chi connectivity index (χ0v) is 22.0. The van der Waals surface area contributed by atoms with Gasteiger partial charge in [-0.25, -0.2) is 0 Å². The lowest BCUT2D eigenvalue weighted by molar-refractivity contribution is -0.158. The Morgan fingerprint density at radius 3 is 2.12 bits per heavy atom. The van der Waals surface area contributed by atoms with E-state index in [2.05, 4.69) is 11.8 Å². The minimum Gasteiger partial charge on any atom is -0.400 e. The molecule has 8 heteroatoms. The average Bonchev–Trinajstić information content (AvgIpc) is 2.80. The lowest BCUT2D eigenvalue weighted by Gasteiger charge is -2.20. The molecule has 0 fully saturated rings. The van der Waals surface area contributed by atoms with Crippen molar-refractivity contribution in [3.05, 3.63) is 68.2 Å². The molecule has 5 nitrogen and oxygen atoms in total. The van der Waals surface area contributed by atoms with E-state index in [-0.39, 0.29) is 19.0 Å². The lowest BCUT2D eigenvalue weighted by atomic mass is 10.1. The van der Waals surface area contributed by atoms with Crippen LogP contribution < -0.4 is 0 Å². The molecule has 2 rings (SSSR count). The van der Waals surface area contributed by atoms with Crippen LogP contribution in [0.1, 0.15) is 37.0 Å². The molecule has 2 aromatic rings. The Kier molecular flexibility index (Phi) is 18.3. The first-order chi connectivity index (χ1) is 15.8. The summed E-state index contributed by atoms with van der Waals surface area (Å²) in [5, 5.41) is 17.7. The third-order valence-electron chi connectivity index (χ3n) is 4.27. The van der Waals surface area contributed by atoms with Crippen LogP contribution in [0.25, 0.3) is 0 Å². The molecule has 0 heterocycles. The summed E-state index contributed by atoms with van der Waals surface area (Å²) in [6.07, 6.45) is 0.160. The van der Waals surface area contributed by atoms with Crippen LogP contribution in [0.3, 0.4) is 0 Å². The van der Waals surface area contributed by atoms with Gasteiger partial charge in [0.05, 0.1) is 25.9 Å². The molecule has 2 atom stereocenters. The maximum Gasteiger partial charge on any atom is 0.154 e. The maximum absolute atomic E-state index is 8.77. The third kappa shape index (κ3) is 13.8. The molecule has 2 unspecified atom stereocenters. The number of halogens is 3. The molecule has 0 aliphatic carbocycles. The van der Waals surface area contributed by atoms with E-state index in [4.69, 9.17) is 59.2 Å². The van der Waals surface area contributed by atoms with Gasteiger partial charge in [-0.05, 0) is 61.7 Å². The first kappa shape index (κ1) is 31.7. The Balaban J connectivity index is 0.000000709. The Labute approximate surface area is 212 Å². The van der Waals surface area contributed by atoms with Crippen molar-refractivity contribution in [1.29, 1.82) is 0 Å². The molecular weight excluding hydrogens is 487 g/mol. The quantitative estimate of drug-likeness (QED) is 0.312. The fourth-order valence-electron chi connectivity index (χ4n) is 2.46. The van der Waals surface area contributed by atoms with Gasteiger partial charge in [-0.3, -0.25) is 0 Å². The monoisotopic (exact) mass is 518 g/mol. The van der Waals surface area contributed by atoms with E-state index in [1.807, 2.05) is 32.0 Å². The van der Waals surface area contributed by atoms with Crippen LogP contribution in [0, 0.1) is 18.8 Å². The highest BCUT2D eigenvalue weighted by atomic mass is 35.5. The van der Waals surface area contributed by atoms with E-state index in [0.717, 1.165) is 28.8 Å². The molecule has 0 aliphatic rings. The largest absolute Gasteiger partial charge is 0.400 e. The second-order valence-corrected chi connectivity index (χ2v) is 7.95. The summed E-state index contributed by atoms with van der Waals surface area (Å²) >= 11 is 17.6. The summed E-state index contributed by atoms with van der Waals surface area (Å²) in [5.41, 5.74) is 2.86. The van der Waals surface area contributed by atoms with Crippen LogP contribution >= 0.6 is 34.8 Å². The summed E-state index contributed by atoms with van der Waals surface area (Å²) in [5.74, 6) is 5.84. The average molecular weight is 520 g/mol. The molecule has 2 N–H and O–H groups in total. The highest BCUT2D eigenvalue weighted by molar-refractivity contribution is 6.35. The number of benzene rings is 2. The van der Waals surface area contributed by atoms with Crippen molar-refractivity contribution in [2.45, 2.75) is 52.8 Å². The first-order valence-electron chi connectivity index (χ1n) is 10.2. The summed E-state index contributed by atoms with van der Waals surface area (Å²) in [7, 11) is 2.60. The van der Waals surface area contributed by atoms with Crippen LogP contribution in [-0.2, 0) is 27.4 Å². The molecule has 33 heavy (non-hydrogen) atoms. The third-order valence-corrected chi connectivity index (χ3v) is 5.10. The molecule has 0 bridgehead atoms. The van der Waals surface area contributed by atoms with E-state index in [0.29, 0.717) is 29.7 Å². The van der Waals surface area contributed by atoms with Crippen molar-refractivity contribution in [3.63, 3.8) is 0 Å². The van der Waals surface area contributed by atoms with Crippen molar-refractivity contribution in [1.82, 2.24) is 0 Å². The molecule has 0 saturated carbocycles. The molecule has 0 aliphatic heterocycles. The highest BCUT2D eigenvalue weighted by Crippen LogP contribution is 2.21. The summed E-state index contributed by atoms with van der Waals surface area (Å²) in [4.78, 5) is 0. The predicted octanol–water partition coefficient (Wildman–Crippen LogP) is 6.05. The minimum atomic E-state index is -0.295. The number of methoxy groups -OCH3 is 1. The van der Waals surface area contributed by atoms with Crippen molar-refractivity contribution < 1.29 is 24.4 Å². The Morgan fingerprint density at radius 1 is 1.00 bits per heavy atom. The molecule has 0 saturated heterocycles. The number of aliphatic hydroxyl groups excluding tert-OH is 2. The summed E-state index contributed by atoms with van der Waals surface area (Å²) in [6.45, 7) is 6.46. The van der Waals surface area contributed by atoms with Gasteiger partial charge in [0.25, 0.3) is 0 Å². The molecule has 184 valence electrons. The van der Waals surface area contributed by atoms with Gasteiger partial charge >= 0.3 is 0 Å². The van der Waals surface area contributed by atoms with Gasteiger partial charge in [0.15, 0.2) is 6.29 Å². The normalized spacial score (nSPS) is 11.7. The van der Waals surface area contributed by atoms with Crippen LogP contribution in [0.5, 0.6) is 0 Å². The van der Waals surface area contributed by atoms with E-state index in [1.54, 1.807) is 32.2 Å². The number of hydrogen-bond donors (Lipinski definition) is 2. The van der Waals surface area contributed by atoms with Gasteiger partial charge in [0.1, 0.15) is 0 Å². The van der Waals surface area contributed by atoms with Crippen LogP contribution in [0.2, 0.25) is 15.1 Å². The van der Waals surface area contributed by atoms with E-state index >= 15 is 0 Å². The van der Waals surface area contributed by atoms with Gasteiger partial charge in [-0.15, -0.1) is 11.8 Å². The van der Waals surface area contributed by atoms with Crippen LogP contribution in [-0.4, -0.2) is 43.4 Å². The van der Waals surface area contributed by atoms with E-state index in [9.17, 15) is 0 Å². The standard InChI is InChI=1S/C16H20Cl2O3.C8H9ClO.CH4O/c1-4-5-6-15(21-12(2)19-3)11-20-10-13-7-8-14(17)9-16(13)18;1-6-4-8(9)3-2-7(6)5-10;1-2/h7-9,12,15H,6,10-11H2,1-3H3;2-4,10H,5H2,1H3;2H,1H3. The smallest absolute Gasteiger partial charge is 0.154 e. The number of ether oxygens (including phenoxy) is 3. The highest BCUT2D eigenvalue weighted by Gasteiger charge is 2.13. The molecule has 0 spiro atoms. The zero-order valence-electron chi connectivity index (χ0n) is 19.7. The number of aliphatic hydroxyl groups is 2. The van der Waals surface area contributed by atoms with Gasteiger partial charge in [-0.2, -0.15) is 0 Å². The molecule has 0 radical (unpaired) electrons. The van der Waals surface area contributed by atoms with Gasteiger partial charge in [0, 0.05) is 35.7 Å². The fraction of sp³-hybridized carbons (Fsp3) is 0.440. The van der Waals surface area contributed by atoms with E-state index in [1.165, 1.54) is 0 Å². The van der Waals surface area contributed by atoms with Gasteiger partial charge in [0.2, 0.25) is 0 Å². The molecule has 0 aromatic heterocycles. The minimum absolute atomic E-state index is 0.0863. The van der Waals surface area contributed by atoms with Crippen molar-refractivity contribution in [2.24, 2.45) is 0 Å². The number of rotatable bonds is 9. The molecule has 2 aromatic carbocycles. The van der Waals surface area contributed by atoms with Crippen molar-refractivity contribution in [2.75, 3.05) is 20.8 Å². The Bertz CT molecular complexity index is 865. The second kappa shape index (κ2) is 19.0. The van der Waals surface area contributed by atoms with E-state index < -0.39 is 0 Å². The lowest BCUT2D eigenvalue weighted by Crippen LogP contribution is -2.25. The topological polar surface area (TPSA) is 68.2 Å². The first-order valence-corrected chi connectivity index (χ1v) is 11.3. The second-order valence-electron chi connectivity index (χ2n) is 6.67. The SMILES string of the molecule is CC#CCC(COCc1ccc(Cl)cc1Cl)OC(C)OC.CO.Cc1cc(Cl)ccc1CO. The summed E-state index contributed by atoms with van der Waals surface area (Å²) in [6, 6.07) is 10.8. The fourth-order valence-corrected chi connectivity index (χ4v) is 3.15. The number of aryl methyl sites for hydroxylation is 1. The van der Waals surface area contributed by atoms with Crippen LogP contribution in [0.15, 0.2) is 36.4 Å². The maximum atomic E-state index is 8.77. The van der Waals surface area contributed by atoms with Crippen molar-refractivity contribution >= 4 is 34.8 Å². The molecular formula is C25H33Cl3O5. The Hall–Kier alpha value is -1.33. The Morgan fingerprint density at radius 2 is 1.61 bits per heavy atom. The predicted molar refractivity (Wildman–Crippen MR) is 136 cm³/mol. The van der Waals surface area contributed by atoms with Gasteiger partial charge in [-0.1, -0.05) is 46.9 Å². The van der Waals surface area contributed by atoms with Gasteiger partial charge < -0.3 is 24.4 Å². The molecule has 0 amide bonds. The van der Waals surface area contributed by atoms with Crippen LogP contribution in [0.4, 0.5) is 0 Å².